The lowest BCUT2D eigenvalue weighted by Gasteiger charge is -2.21. The second-order valence-electron chi connectivity index (χ2n) is 5.44. The second-order valence-corrected chi connectivity index (χ2v) is 6.74. The third kappa shape index (κ3) is 2.39. The van der Waals surface area contributed by atoms with Crippen LogP contribution in [0.3, 0.4) is 0 Å². The Kier molecular flexibility index (Phi) is 3.68. The first kappa shape index (κ1) is 15.0. The van der Waals surface area contributed by atoms with Crippen LogP contribution in [0, 0.1) is 11.6 Å². The molecule has 3 rings (SSSR count). The third-order valence-electron chi connectivity index (χ3n) is 3.51. The van der Waals surface area contributed by atoms with Gasteiger partial charge < -0.3 is 0 Å². The Hall–Kier alpha value is -1.89. The number of aromatic amines is 1. The van der Waals surface area contributed by atoms with Crippen molar-refractivity contribution in [2.75, 3.05) is 0 Å². The quantitative estimate of drug-likeness (QED) is 0.910. The number of benzene rings is 1. The number of rotatable bonds is 2. The second kappa shape index (κ2) is 5.39. The van der Waals surface area contributed by atoms with Gasteiger partial charge in [0.1, 0.15) is 0 Å². The molecule has 1 aromatic heterocycles. The summed E-state index contributed by atoms with van der Waals surface area (Å²) < 4.78 is 28.4. The monoisotopic (exact) mass is 323 g/mol. The van der Waals surface area contributed by atoms with E-state index in [2.05, 4.69) is 10.1 Å². The standard InChI is InChI=1S/C15H15F2N3OS/c1-7(2)20-14-12(15(21)19-20)13(22-8(3)18-14)9-4-5-10(16)11(17)6-9/h4-7,13H,1-3H3,(H,19,21)/t13-/m0/s1. The van der Waals surface area contributed by atoms with Gasteiger partial charge in [-0.1, -0.05) is 17.8 Å². The van der Waals surface area contributed by atoms with Crippen LogP contribution in [0.5, 0.6) is 0 Å². The maximum absolute atomic E-state index is 13.5. The molecule has 22 heavy (non-hydrogen) atoms. The summed E-state index contributed by atoms with van der Waals surface area (Å²) >= 11 is 1.36. The summed E-state index contributed by atoms with van der Waals surface area (Å²) in [6, 6.07) is 3.77. The lowest BCUT2D eigenvalue weighted by atomic mass is 10.1. The summed E-state index contributed by atoms with van der Waals surface area (Å²) in [4.78, 5) is 16.8. The first-order valence-corrected chi connectivity index (χ1v) is 7.77. The van der Waals surface area contributed by atoms with Crippen molar-refractivity contribution in [1.82, 2.24) is 9.78 Å². The molecule has 7 heteroatoms. The number of halogens is 2. The largest absolute Gasteiger partial charge is 0.271 e. The minimum atomic E-state index is -0.917. The van der Waals surface area contributed by atoms with Crippen molar-refractivity contribution in [2.24, 2.45) is 4.99 Å². The van der Waals surface area contributed by atoms with Gasteiger partial charge in [0.25, 0.3) is 5.56 Å². The van der Waals surface area contributed by atoms with E-state index in [-0.39, 0.29) is 11.6 Å². The maximum Gasteiger partial charge on any atom is 0.271 e. The molecule has 0 fully saturated rings. The highest BCUT2D eigenvalue weighted by atomic mass is 32.2. The topological polar surface area (TPSA) is 50.1 Å². The van der Waals surface area contributed by atoms with Crippen LogP contribution in [0.15, 0.2) is 28.0 Å². The van der Waals surface area contributed by atoms with E-state index in [0.29, 0.717) is 16.9 Å². The number of fused-ring (bicyclic) bond motifs is 1. The molecule has 0 bridgehead atoms. The summed E-state index contributed by atoms with van der Waals surface area (Å²) in [7, 11) is 0. The van der Waals surface area contributed by atoms with Gasteiger partial charge in [-0.15, -0.1) is 0 Å². The van der Waals surface area contributed by atoms with Crippen LogP contribution in [-0.4, -0.2) is 14.8 Å². The molecule has 1 atom stereocenters. The Balaban J connectivity index is 2.19. The molecule has 1 aliphatic rings. The molecule has 0 saturated carbocycles. The van der Waals surface area contributed by atoms with Gasteiger partial charge in [-0.05, 0) is 38.5 Å². The lowest BCUT2D eigenvalue weighted by Crippen LogP contribution is -2.13. The molecule has 4 nitrogen and oxygen atoms in total. The highest BCUT2D eigenvalue weighted by Crippen LogP contribution is 2.44. The van der Waals surface area contributed by atoms with E-state index < -0.39 is 16.9 Å². The Morgan fingerprint density at radius 1 is 1.32 bits per heavy atom. The van der Waals surface area contributed by atoms with E-state index in [0.717, 1.165) is 17.2 Å². The van der Waals surface area contributed by atoms with Gasteiger partial charge in [-0.2, -0.15) is 0 Å². The Bertz CT molecular complexity index is 823. The van der Waals surface area contributed by atoms with Crippen LogP contribution in [0.1, 0.15) is 43.2 Å². The number of hydrogen-bond donors (Lipinski definition) is 1. The molecule has 1 N–H and O–H groups in total. The SMILES string of the molecule is CC1=Nc2c(c(=O)[nH]n2C(C)C)[C@H](c2ccc(F)c(F)c2)S1. The van der Waals surface area contributed by atoms with Crippen LogP contribution in [0.4, 0.5) is 14.6 Å². The van der Waals surface area contributed by atoms with Crippen molar-refractivity contribution in [2.45, 2.75) is 32.1 Å². The molecule has 0 saturated heterocycles. The number of aromatic nitrogens is 2. The predicted molar refractivity (Wildman–Crippen MR) is 84.0 cm³/mol. The van der Waals surface area contributed by atoms with Gasteiger partial charge in [-0.3, -0.25) is 14.6 Å². The minimum absolute atomic E-state index is 0.0432. The van der Waals surface area contributed by atoms with E-state index in [4.69, 9.17) is 0 Å². The maximum atomic E-state index is 13.5. The van der Waals surface area contributed by atoms with E-state index in [1.807, 2.05) is 20.8 Å². The minimum Gasteiger partial charge on any atom is -0.268 e. The van der Waals surface area contributed by atoms with E-state index in [1.54, 1.807) is 4.68 Å². The molecule has 2 aromatic rings. The lowest BCUT2D eigenvalue weighted by molar-refractivity contribution is 0.507. The van der Waals surface area contributed by atoms with Gasteiger partial charge in [0.05, 0.1) is 15.9 Å². The van der Waals surface area contributed by atoms with Gasteiger partial charge in [0.15, 0.2) is 17.5 Å². The predicted octanol–water partition coefficient (Wildman–Crippen LogP) is 3.92. The summed E-state index contributed by atoms with van der Waals surface area (Å²) in [6.45, 7) is 5.72. The number of aliphatic imine (C=N–C) groups is 1. The fraction of sp³-hybridized carbons (Fsp3) is 0.333. The molecule has 1 aromatic carbocycles. The summed E-state index contributed by atoms with van der Waals surface area (Å²) in [5.41, 5.74) is 0.781. The highest BCUT2D eigenvalue weighted by molar-refractivity contribution is 8.14. The number of nitrogens with one attached hydrogen (secondary N) is 1. The number of thioether (sulfide) groups is 1. The van der Waals surface area contributed by atoms with Crippen molar-refractivity contribution >= 4 is 22.6 Å². The molecule has 0 spiro atoms. The fourth-order valence-corrected chi connectivity index (χ4v) is 3.59. The summed E-state index contributed by atoms with van der Waals surface area (Å²) in [5.74, 6) is -1.26. The zero-order valence-corrected chi connectivity index (χ0v) is 13.2. The molecule has 2 heterocycles. The van der Waals surface area contributed by atoms with Gasteiger partial charge in [-0.25, -0.2) is 13.8 Å². The van der Waals surface area contributed by atoms with Crippen molar-refractivity contribution in [3.05, 3.63) is 51.3 Å². The average molecular weight is 323 g/mol. The van der Waals surface area contributed by atoms with Crippen molar-refractivity contribution < 1.29 is 8.78 Å². The molecule has 0 radical (unpaired) electrons. The van der Waals surface area contributed by atoms with Gasteiger partial charge in [0.2, 0.25) is 0 Å². The zero-order chi connectivity index (χ0) is 16.0. The van der Waals surface area contributed by atoms with Crippen molar-refractivity contribution in [3.63, 3.8) is 0 Å². The summed E-state index contributed by atoms with van der Waals surface area (Å²) in [6.07, 6.45) is 0. The zero-order valence-electron chi connectivity index (χ0n) is 12.4. The van der Waals surface area contributed by atoms with E-state index in [9.17, 15) is 13.6 Å². The average Bonchev–Trinajstić information content (AvgIpc) is 2.78. The number of H-pyrrole nitrogens is 1. The normalized spacial score (nSPS) is 17.5. The molecule has 0 amide bonds. The molecule has 0 unspecified atom stereocenters. The van der Waals surface area contributed by atoms with Crippen LogP contribution < -0.4 is 5.56 Å². The first-order valence-electron chi connectivity index (χ1n) is 6.89. The number of nitrogens with zero attached hydrogens (tertiary/aromatic N) is 2. The molecule has 116 valence electrons. The van der Waals surface area contributed by atoms with E-state index in [1.165, 1.54) is 17.8 Å². The molecule has 1 aliphatic heterocycles. The smallest absolute Gasteiger partial charge is 0.268 e. The van der Waals surface area contributed by atoms with Crippen LogP contribution >= 0.6 is 11.8 Å². The number of hydrogen-bond acceptors (Lipinski definition) is 3. The highest BCUT2D eigenvalue weighted by Gasteiger charge is 2.31. The molecule has 0 aliphatic carbocycles. The van der Waals surface area contributed by atoms with E-state index >= 15 is 0 Å². The Labute approximate surface area is 130 Å². The fourth-order valence-electron chi connectivity index (χ4n) is 2.49. The van der Waals surface area contributed by atoms with Crippen LogP contribution in [-0.2, 0) is 0 Å². The van der Waals surface area contributed by atoms with Gasteiger partial charge >= 0.3 is 0 Å². The third-order valence-corrected chi connectivity index (χ3v) is 4.69. The van der Waals surface area contributed by atoms with Crippen molar-refractivity contribution in [1.29, 1.82) is 0 Å². The summed E-state index contributed by atoms with van der Waals surface area (Å²) in [5, 5.41) is 3.15. The van der Waals surface area contributed by atoms with Crippen molar-refractivity contribution in [3.8, 4) is 0 Å². The Morgan fingerprint density at radius 2 is 2.05 bits per heavy atom. The molecular formula is C15H15F2N3OS. The molecular weight excluding hydrogens is 308 g/mol. The first-order chi connectivity index (χ1) is 10.4. The van der Waals surface area contributed by atoms with Crippen LogP contribution in [0.25, 0.3) is 0 Å². The van der Waals surface area contributed by atoms with Gasteiger partial charge in [0, 0.05) is 6.04 Å². The Morgan fingerprint density at radius 3 is 2.68 bits per heavy atom. The van der Waals surface area contributed by atoms with Crippen LogP contribution in [0.2, 0.25) is 0 Å².